The lowest BCUT2D eigenvalue weighted by Crippen LogP contribution is -2.44. The maximum atomic E-state index is 10.00. The maximum Gasteiger partial charge on any atom is 0.0693 e. The van der Waals surface area contributed by atoms with Gasteiger partial charge < -0.3 is 10.4 Å². The van der Waals surface area contributed by atoms with Crippen LogP contribution >= 0.6 is 0 Å². The highest BCUT2D eigenvalue weighted by Crippen LogP contribution is 2.19. The summed E-state index contributed by atoms with van der Waals surface area (Å²) < 4.78 is 0. The second-order valence-electron chi connectivity index (χ2n) is 4.87. The van der Waals surface area contributed by atoms with Crippen molar-refractivity contribution in [1.82, 2.24) is 5.32 Å². The van der Waals surface area contributed by atoms with Crippen molar-refractivity contribution in [3.63, 3.8) is 0 Å². The summed E-state index contributed by atoms with van der Waals surface area (Å²) in [4.78, 5) is 0. The lowest BCUT2D eigenvalue weighted by Gasteiger charge is -2.27. The van der Waals surface area contributed by atoms with Crippen LogP contribution < -0.4 is 5.32 Å². The molecule has 15 heavy (non-hydrogen) atoms. The molecule has 2 N–H and O–H groups in total. The van der Waals surface area contributed by atoms with Gasteiger partial charge in [0.25, 0.3) is 0 Å². The zero-order chi connectivity index (χ0) is 11.1. The Bertz CT molecular complexity index is 161. The van der Waals surface area contributed by atoms with Crippen molar-refractivity contribution in [2.75, 3.05) is 0 Å². The standard InChI is InChI=1S/C13H27NO/c1-3-8-11(4-2)14-12-9-6-5-7-10-13(12)15/h11-15H,3-10H2,1-2H3. The van der Waals surface area contributed by atoms with Crippen LogP contribution in [0.1, 0.15) is 65.2 Å². The number of aliphatic hydroxyl groups excluding tert-OH is 1. The quantitative estimate of drug-likeness (QED) is 0.688. The van der Waals surface area contributed by atoms with E-state index in [9.17, 15) is 5.11 Å². The first-order valence-corrected chi connectivity index (χ1v) is 6.72. The molecule has 0 heterocycles. The van der Waals surface area contributed by atoms with Crippen LogP contribution in [-0.4, -0.2) is 23.3 Å². The van der Waals surface area contributed by atoms with Crippen LogP contribution in [0.2, 0.25) is 0 Å². The molecule has 0 aromatic heterocycles. The Morgan fingerprint density at radius 1 is 1.20 bits per heavy atom. The van der Waals surface area contributed by atoms with E-state index in [-0.39, 0.29) is 6.10 Å². The highest BCUT2D eigenvalue weighted by molar-refractivity contribution is 4.81. The van der Waals surface area contributed by atoms with Crippen LogP contribution in [0, 0.1) is 0 Å². The molecule has 3 atom stereocenters. The van der Waals surface area contributed by atoms with E-state index < -0.39 is 0 Å². The van der Waals surface area contributed by atoms with E-state index in [1.54, 1.807) is 0 Å². The Hall–Kier alpha value is -0.0800. The van der Waals surface area contributed by atoms with E-state index in [1.165, 1.54) is 38.5 Å². The van der Waals surface area contributed by atoms with Crippen LogP contribution in [0.4, 0.5) is 0 Å². The third-order valence-electron chi connectivity index (χ3n) is 3.56. The van der Waals surface area contributed by atoms with Gasteiger partial charge >= 0.3 is 0 Å². The van der Waals surface area contributed by atoms with Gasteiger partial charge in [-0.2, -0.15) is 0 Å². The third kappa shape index (κ3) is 4.52. The minimum absolute atomic E-state index is 0.113. The Morgan fingerprint density at radius 2 is 1.93 bits per heavy atom. The molecule has 1 aliphatic rings. The summed E-state index contributed by atoms with van der Waals surface area (Å²) >= 11 is 0. The normalized spacial score (nSPS) is 29.8. The molecule has 1 fully saturated rings. The van der Waals surface area contributed by atoms with Gasteiger partial charge in [-0.05, 0) is 25.7 Å². The lowest BCUT2D eigenvalue weighted by molar-refractivity contribution is 0.112. The van der Waals surface area contributed by atoms with Crippen molar-refractivity contribution in [1.29, 1.82) is 0 Å². The highest BCUT2D eigenvalue weighted by atomic mass is 16.3. The Morgan fingerprint density at radius 3 is 2.60 bits per heavy atom. The molecule has 0 aliphatic heterocycles. The fourth-order valence-corrected chi connectivity index (χ4v) is 2.54. The molecule has 0 aromatic rings. The lowest BCUT2D eigenvalue weighted by atomic mass is 10.0. The monoisotopic (exact) mass is 213 g/mol. The number of hydrogen-bond donors (Lipinski definition) is 2. The van der Waals surface area contributed by atoms with Crippen molar-refractivity contribution in [2.24, 2.45) is 0 Å². The molecular weight excluding hydrogens is 186 g/mol. The largest absolute Gasteiger partial charge is 0.392 e. The summed E-state index contributed by atoms with van der Waals surface area (Å²) in [5.74, 6) is 0. The molecule has 1 rings (SSSR count). The van der Waals surface area contributed by atoms with Crippen molar-refractivity contribution in [3.05, 3.63) is 0 Å². The van der Waals surface area contributed by atoms with Gasteiger partial charge in [0.1, 0.15) is 0 Å². The highest BCUT2D eigenvalue weighted by Gasteiger charge is 2.23. The van der Waals surface area contributed by atoms with Gasteiger partial charge in [0.05, 0.1) is 6.10 Å². The van der Waals surface area contributed by atoms with Crippen LogP contribution in [-0.2, 0) is 0 Å². The van der Waals surface area contributed by atoms with E-state index in [0.29, 0.717) is 12.1 Å². The first-order valence-electron chi connectivity index (χ1n) is 6.72. The van der Waals surface area contributed by atoms with E-state index in [2.05, 4.69) is 19.2 Å². The van der Waals surface area contributed by atoms with Gasteiger partial charge in [0, 0.05) is 12.1 Å². The Balaban J connectivity index is 2.38. The van der Waals surface area contributed by atoms with Gasteiger partial charge in [-0.25, -0.2) is 0 Å². The van der Waals surface area contributed by atoms with E-state index >= 15 is 0 Å². The van der Waals surface area contributed by atoms with E-state index in [0.717, 1.165) is 12.8 Å². The maximum absolute atomic E-state index is 10.00. The number of aliphatic hydroxyl groups is 1. The number of nitrogens with one attached hydrogen (secondary N) is 1. The molecular formula is C13H27NO. The van der Waals surface area contributed by atoms with Crippen LogP contribution in [0.25, 0.3) is 0 Å². The van der Waals surface area contributed by atoms with Crippen LogP contribution in [0.3, 0.4) is 0 Å². The molecule has 0 amide bonds. The zero-order valence-corrected chi connectivity index (χ0v) is 10.3. The molecule has 90 valence electrons. The van der Waals surface area contributed by atoms with Crippen molar-refractivity contribution < 1.29 is 5.11 Å². The van der Waals surface area contributed by atoms with Gasteiger partial charge in [-0.15, -0.1) is 0 Å². The van der Waals surface area contributed by atoms with Crippen molar-refractivity contribution >= 4 is 0 Å². The fourth-order valence-electron chi connectivity index (χ4n) is 2.54. The van der Waals surface area contributed by atoms with Crippen molar-refractivity contribution in [3.8, 4) is 0 Å². The molecule has 0 radical (unpaired) electrons. The van der Waals surface area contributed by atoms with Gasteiger partial charge in [0.2, 0.25) is 0 Å². The zero-order valence-electron chi connectivity index (χ0n) is 10.3. The fraction of sp³-hybridized carbons (Fsp3) is 1.00. The molecule has 0 aromatic carbocycles. The summed E-state index contributed by atoms with van der Waals surface area (Å²) in [6, 6.07) is 0.955. The number of hydrogen-bond acceptors (Lipinski definition) is 2. The van der Waals surface area contributed by atoms with Crippen LogP contribution in [0.5, 0.6) is 0 Å². The molecule has 1 aliphatic carbocycles. The smallest absolute Gasteiger partial charge is 0.0693 e. The van der Waals surface area contributed by atoms with Gasteiger partial charge in [0.15, 0.2) is 0 Å². The minimum atomic E-state index is -0.113. The first-order chi connectivity index (χ1) is 7.27. The topological polar surface area (TPSA) is 32.3 Å². The Labute approximate surface area is 94.5 Å². The summed E-state index contributed by atoms with van der Waals surface area (Å²) in [5.41, 5.74) is 0. The van der Waals surface area contributed by atoms with Gasteiger partial charge in [-0.3, -0.25) is 0 Å². The SMILES string of the molecule is CCCC(CC)NC1CCCCCC1O. The second kappa shape index (κ2) is 7.24. The average Bonchev–Trinajstić information content (AvgIpc) is 2.43. The average molecular weight is 213 g/mol. The summed E-state index contributed by atoms with van der Waals surface area (Å²) in [5, 5.41) is 13.6. The second-order valence-corrected chi connectivity index (χ2v) is 4.87. The molecule has 2 nitrogen and oxygen atoms in total. The Kier molecular flexibility index (Phi) is 6.26. The van der Waals surface area contributed by atoms with Crippen LogP contribution in [0.15, 0.2) is 0 Å². The molecule has 2 heteroatoms. The first kappa shape index (κ1) is 13.0. The predicted molar refractivity (Wildman–Crippen MR) is 65.0 cm³/mol. The van der Waals surface area contributed by atoms with Gasteiger partial charge in [-0.1, -0.05) is 39.5 Å². The molecule has 3 unspecified atom stereocenters. The minimum Gasteiger partial charge on any atom is -0.392 e. The van der Waals surface area contributed by atoms with E-state index in [1.807, 2.05) is 0 Å². The summed E-state index contributed by atoms with van der Waals surface area (Å²) in [7, 11) is 0. The molecule has 0 saturated heterocycles. The van der Waals surface area contributed by atoms with E-state index in [4.69, 9.17) is 0 Å². The molecule has 0 bridgehead atoms. The van der Waals surface area contributed by atoms with Crippen molar-refractivity contribution in [2.45, 2.75) is 83.4 Å². The predicted octanol–water partition coefficient (Wildman–Crippen LogP) is 2.85. The number of rotatable bonds is 5. The molecule has 0 spiro atoms. The summed E-state index contributed by atoms with van der Waals surface area (Å²) in [6.07, 6.45) is 9.44. The third-order valence-corrected chi connectivity index (χ3v) is 3.56. The summed E-state index contributed by atoms with van der Waals surface area (Å²) in [6.45, 7) is 4.46. The molecule has 1 saturated carbocycles.